The summed E-state index contributed by atoms with van der Waals surface area (Å²) in [5.74, 6) is -1.85. The molecule has 0 radical (unpaired) electrons. The van der Waals surface area contributed by atoms with E-state index in [9.17, 15) is 32.8 Å². The number of halogens is 3. The van der Waals surface area contributed by atoms with Crippen molar-refractivity contribution in [3.8, 4) is 17.0 Å². The maximum absolute atomic E-state index is 13.4. The van der Waals surface area contributed by atoms with Crippen LogP contribution in [0.5, 0.6) is 5.75 Å². The smallest absolute Gasteiger partial charge is 0.420 e. The van der Waals surface area contributed by atoms with Crippen molar-refractivity contribution in [3.05, 3.63) is 83.7 Å². The van der Waals surface area contributed by atoms with Crippen LogP contribution in [0.25, 0.3) is 11.3 Å². The molecule has 5 aliphatic rings. The van der Waals surface area contributed by atoms with Gasteiger partial charge < -0.3 is 19.9 Å². The molecule has 4 aromatic rings. The van der Waals surface area contributed by atoms with Crippen molar-refractivity contribution < 1.29 is 37.5 Å². The van der Waals surface area contributed by atoms with E-state index in [1.54, 1.807) is 24.4 Å². The Hall–Kier alpha value is -5.94. The minimum absolute atomic E-state index is 0.0789. The molecule has 1 unspecified atom stereocenters. The molecule has 3 N–H and O–H groups in total. The summed E-state index contributed by atoms with van der Waals surface area (Å²) in [6, 6.07) is 13.9. The summed E-state index contributed by atoms with van der Waals surface area (Å²) in [6.07, 6.45) is 7.67. The van der Waals surface area contributed by atoms with Gasteiger partial charge in [-0.2, -0.15) is 5.10 Å². The lowest BCUT2D eigenvalue weighted by Gasteiger charge is -2.56. The SMILES string of the molecule is O=C1CCC(N2C(=O)c3ccc(N4CCC5(CC4)CC(N4CCN(c6ncc(C(=O)Nc7ccc(OC(F)(F)Cl)cc7)cc6-c6ccn[nH]6)CC4)C5)cc3C2=O)C(=O)N1. The van der Waals surface area contributed by atoms with Gasteiger partial charge in [-0.3, -0.25) is 44.2 Å². The van der Waals surface area contributed by atoms with Gasteiger partial charge in [0.25, 0.3) is 17.7 Å². The summed E-state index contributed by atoms with van der Waals surface area (Å²) in [6.45, 7) is 4.93. The normalized spacial score (nSPS) is 21.1. The van der Waals surface area contributed by atoms with Crippen LogP contribution in [-0.4, -0.2) is 111 Å². The number of anilines is 3. The molecule has 1 atom stereocenters. The number of piperazine rings is 1. The Balaban J connectivity index is 0.785. The maximum Gasteiger partial charge on any atom is 0.487 e. The van der Waals surface area contributed by atoms with E-state index >= 15 is 0 Å². The summed E-state index contributed by atoms with van der Waals surface area (Å²) in [5.41, 5.74) is 0.0302. The van der Waals surface area contributed by atoms with E-state index in [1.807, 2.05) is 12.1 Å². The summed E-state index contributed by atoms with van der Waals surface area (Å²) in [5, 5.41) is 12.1. The number of benzene rings is 2. The predicted molar refractivity (Wildman–Crippen MR) is 211 cm³/mol. The van der Waals surface area contributed by atoms with Gasteiger partial charge in [0.15, 0.2) is 0 Å². The van der Waals surface area contributed by atoms with Gasteiger partial charge in [-0.25, -0.2) is 4.98 Å². The van der Waals surface area contributed by atoms with Crippen molar-refractivity contribution >= 4 is 58.3 Å². The molecule has 18 heteroatoms. The number of rotatable bonds is 9. The number of carbonyl (C=O) groups is 5. The molecule has 0 bridgehead atoms. The lowest BCUT2D eigenvalue weighted by atomic mass is 9.60. The summed E-state index contributed by atoms with van der Waals surface area (Å²) >= 11 is 4.84. The number of hydrogen-bond acceptors (Lipinski definition) is 11. The van der Waals surface area contributed by atoms with Gasteiger partial charge in [0.05, 0.1) is 22.4 Å². The minimum atomic E-state index is -3.84. The van der Waals surface area contributed by atoms with Crippen molar-refractivity contribution in [3.63, 3.8) is 0 Å². The number of H-pyrrole nitrogens is 1. The second kappa shape index (κ2) is 15.0. The fourth-order valence-corrected chi connectivity index (χ4v) is 9.27. The van der Waals surface area contributed by atoms with E-state index in [4.69, 9.17) is 16.6 Å². The lowest BCUT2D eigenvalue weighted by molar-refractivity contribution is -0.136. The number of pyridine rings is 1. The fraction of sp³-hybridized carbons (Fsp3) is 0.390. The quantitative estimate of drug-likeness (QED) is 0.155. The average molecular weight is 828 g/mol. The van der Waals surface area contributed by atoms with Gasteiger partial charge in [0, 0.05) is 92.7 Å². The number of carbonyl (C=O) groups excluding carboxylic acids is 5. The van der Waals surface area contributed by atoms with Crippen molar-refractivity contribution in [2.75, 3.05) is 54.4 Å². The highest BCUT2D eigenvalue weighted by molar-refractivity contribution is 6.24. The Morgan fingerprint density at radius 3 is 2.29 bits per heavy atom. The molecule has 6 heterocycles. The van der Waals surface area contributed by atoms with Crippen molar-refractivity contribution in [2.45, 2.75) is 56.2 Å². The number of nitrogens with one attached hydrogen (secondary N) is 3. The van der Waals surface area contributed by atoms with E-state index in [0.717, 1.165) is 92.6 Å². The molecular weight excluding hydrogens is 788 g/mol. The zero-order chi connectivity index (χ0) is 41.1. The number of aromatic amines is 1. The van der Waals surface area contributed by atoms with E-state index < -0.39 is 41.1 Å². The molecule has 9 rings (SSSR count). The van der Waals surface area contributed by atoms with E-state index in [0.29, 0.717) is 22.9 Å². The third-order valence-corrected chi connectivity index (χ3v) is 12.4. The number of aromatic nitrogens is 3. The first kappa shape index (κ1) is 38.6. The highest BCUT2D eigenvalue weighted by Crippen LogP contribution is 2.51. The molecular formula is C41H40ClF2N9O6. The number of imide groups is 2. The summed E-state index contributed by atoms with van der Waals surface area (Å²) < 4.78 is 30.3. The molecule has 4 aliphatic heterocycles. The maximum atomic E-state index is 13.4. The fourth-order valence-electron chi connectivity index (χ4n) is 9.18. The van der Waals surface area contributed by atoms with Crippen LogP contribution in [0.3, 0.4) is 0 Å². The molecule has 59 heavy (non-hydrogen) atoms. The minimum Gasteiger partial charge on any atom is -0.420 e. The van der Waals surface area contributed by atoms with Crippen LogP contribution in [0.4, 0.5) is 26.0 Å². The number of ether oxygens (including phenoxy) is 1. The van der Waals surface area contributed by atoms with Crippen molar-refractivity contribution in [2.24, 2.45) is 5.41 Å². The van der Waals surface area contributed by atoms with Gasteiger partial charge in [-0.05, 0) is 92.1 Å². The molecule has 15 nitrogen and oxygen atoms in total. The Morgan fingerprint density at radius 2 is 1.61 bits per heavy atom. The Morgan fingerprint density at radius 1 is 0.881 bits per heavy atom. The zero-order valence-electron chi connectivity index (χ0n) is 31.8. The second-order valence-electron chi connectivity index (χ2n) is 15.8. The Kier molecular flexibility index (Phi) is 9.82. The molecule has 1 aliphatic carbocycles. The molecule has 306 valence electrons. The lowest BCUT2D eigenvalue weighted by Crippen LogP contribution is -2.59. The van der Waals surface area contributed by atoms with Gasteiger partial charge in [0.2, 0.25) is 11.8 Å². The average Bonchev–Trinajstić information content (AvgIpc) is 3.84. The van der Waals surface area contributed by atoms with E-state index in [1.165, 1.54) is 30.5 Å². The number of hydrogen-bond donors (Lipinski definition) is 3. The topological polar surface area (TPSA) is 173 Å². The molecule has 4 fully saturated rings. The monoisotopic (exact) mass is 827 g/mol. The molecule has 1 spiro atoms. The van der Waals surface area contributed by atoms with Crippen LogP contribution in [0, 0.1) is 5.41 Å². The zero-order valence-corrected chi connectivity index (χ0v) is 32.5. The van der Waals surface area contributed by atoms with E-state index in [2.05, 4.69) is 40.3 Å². The van der Waals surface area contributed by atoms with Crippen molar-refractivity contribution in [1.82, 2.24) is 30.3 Å². The summed E-state index contributed by atoms with van der Waals surface area (Å²) in [4.78, 5) is 76.7. The highest BCUT2D eigenvalue weighted by Gasteiger charge is 2.49. The standard InChI is InChI=1S/C41H40ClF2N9O6/c42-41(43,44)59-28-4-1-25(2-5-28)47-36(55)24-19-31(32-9-12-46-49-32)35(45-23-24)52-17-15-51(16-18-52)27-21-40(22-27)10-13-50(14-11-40)26-3-6-29-30(20-26)39(58)53(38(29)57)33-7-8-34(54)48-37(33)56/h1-6,9,12,19-20,23,27,33H,7-8,10-11,13-18,21-22H2,(H,46,49)(H,47,55)(H,48,54,56). The second-order valence-corrected chi connectivity index (χ2v) is 16.3. The van der Waals surface area contributed by atoms with Crippen LogP contribution in [-0.2, 0) is 9.59 Å². The number of piperidine rings is 2. The first-order valence-electron chi connectivity index (χ1n) is 19.6. The first-order chi connectivity index (χ1) is 28.3. The van der Waals surface area contributed by atoms with Gasteiger partial charge in [-0.15, -0.1) is 8.78 Å². The van der Waals surface area contributed by atoms with Gasteiger partial charge >= 0.3 is 5.57 Å². The largest absolute Gasteiger partial charge is 0.487 e. The third-order valence-electron chi connectivity index (χ3n) is 12.3. The summed E-state index contributed by atoms with van der Waals surface area (Å²) in [7, 11) is 0. The number of nitrogens with zero attached hydrogens (tertiary/aromatic N) is 6. The molecule has 3 saturated heterocycles. The first-order valence-corrected chi connectivity index (χ1v) is 20.0. The van der Waals surface area contributed by atoms with Gasteiger partial charge in [0.1, 0.15) is 17.6 Å². The van der Waals surface area contributed by atoms with Crippen molar-refractivity contribution in [1.29, 1.82) is 0 Å². The van der Waals surface area contributed by atoms with Crippen LogP contribution in [0.1, 0.15) is 69.6 Å². The molecule has 5 amide bonds. The molecule has 2 aromatic carbocycles. The van der Waals surface area contributed by atoms with E-state index in [-0.39, 0.29) is 29.6 Å². The number of alkyl halides is 3. The van der Waals surface area contributed by atoms with Crippen LogP contribution < -0.4 is 25.2 Å². The van der Waals surface area contributed by atoms with Gasteiger partial charge in [-0.1, -0.05) is 0 Å². The number of fused-ring (bicyclic) bond motifs is 1. The third kappa shape index (κ3) is 7.60. The number of amides is 5. The van der Waals surface area contributed by atoms with Crippen LogP contribution >= 0.6 is 11.6 Å². The Bertz CT molecular complexity index is 2320. The molecule has 2 aromatic heterocycles. The van der Waals surface area contributed by atoms with Crippen LogP contribution in [0.2, 0.25) is 0 Å². The molecule has 1 saturated carbocycles. The Labute approximate surface area is 342 Å². The van der Waals surface area contributed by atoms with Crippen LogP contribution in [0.15, 0.2) is 67.0 Å². The highest BCUT2D eigenvalue weighted by atomic mass is 35.5. The predicted octanol–water partition coefficient (Wildman–Crippen LogP) is 4.86.